The van der Waals surface area contributed by atoms with Crippen molar-refractivity contribution in [3.05, 3.63) is 64.7 Å². The molecule has 0 atom stereocenters. The first kappa shape index (κ1) is 20.8. The molecular weight excluding hydrogens is 364 g/mol. The third kappa shape index (κ3) is 7.31. The molecule has 2 N–H and O–H groups in total. The molecule has 0 aliphatic carbocycles. The smallest absolute Gasteiger partial charge is 0.269 e. The monoisotopic (exact) mass is 388 g/mol. The summed E-state index contributed by atoms with van der Waals surface area (Å²) in [6.07, 6.45) is 1.71. The van der Waals surface area contributed by atoms with Crippen LogP contribution in [0.3, 0.4) is 0 Å². The van der Waals surface area contributed by atoms with Crippen molar-refractivity contribution >= 4 is 23.4 Å². The molecule has 0 aliphatic rings. The summed E-state index contributed by atoms with van der Waals surface area (Å²) >= 11 is 6.06. The van der Waals surface area contributed by atoms with Crippen molar-refractivity contribution in [3.8, 4) is 5.75 Å². The quantitative estimate of drug-likeness (QED) is 0.667. The van der Waals surface area contributed by atoms with Gasteiger partial charge >= 0.3 is 0 Å². The van der Waals surface area contributed by atoms with Crippen LogP contribution in [0.5, 0.6) is 5.75 Å². The SMILES string of the molecule is CC(C)CCOc1ccc(C(=O)NNC(=O)CCc2ccccc2Cl)cc1. The first-order valence-corrected chi connectivity index (χ1v) is 9.39. The molecule has 0 bridgehead atoms. The van der Waals surface area contributed by atoms with Gasteiger partial charge in [-0.05, 0) is 54.7 Å². The van der Waals surface area contributed by atoms with E-state index in [1.807, 2.05) is 18.2 Å². The van der Waals surface area contributed by atoms with Crippen LogP contribution >= 0.6 is 11.6 Å². The second kappa shape index (κ2) is 10.6. The molecule has 27 heavy (non-hydrogen) atoms. The van der Waals surface area contributed by atoms with Crippen molar-refractivity contribution in [1.29, 1.82) is 0 Å². The number of hydrogen-bond acceptors (Lipinski definition) is 3. The molecule has 0 fully saturated rings. The summed E-state index contributed by atoms with van der Waals surface area (Å²) < 4.78 is 5.62. The van der Waals surface area contributed by atoms with Crippen LogP contribution in [0.15, 0.2) is 48.5 Å². The summed E-state index contributed by atoms with van der Waals surface area (Å²) in [7, 11) is 0. The summed E-state index contributed by atoms with van der Waals surface area (Å²) in [5.41, 5.74) is 6.17. The van der Waals surface area contributed by atoms with Crippen LogP contribution < -0.4 is 15.6 Å². The Morgan fingerprint density at radius 3 is 2.41 bits per heavy atom. The highest BCUT2D eigenvalue weighted by Gasteiger charge is 2.09. The van der Waals surface area contributed by atoms with Crippen molar-refractivity contribution in [2.45, 2.75) is 33.1 Å². The Bertz CT molecular complexity index is 760. The first-order chi connectivity index (χ1) is 13.0. The Morgan fingerprint density at radius 1 is 1.04 bits per heavy atom. The highest BCUT2D eigenvalue weighted by atomic mass is 35.5. The van der Waals surface area contributed by atoms with E-state index >= 15 is 0 Å². The van der Waals surface area contributed by atoms with E-state index in [9.17, 15) is 9.59 Å². The van der Waals surface area contributed by atoms with Gasteiger partial charge in [-0.25, -0.2) is 0 Å². The maximum absolute atomic E-state index is 12.1. The van der Waals surface area contributed by atoms with Gasteiger partial charge in [-0.1, -0.05) is 43.6 Å². The molecule has 144 valence electrons. The zero-order chi connectivity index (χ0) is 19.6. The zero-order valence-corrected chi connectivity index (χ0v) is 16.4. The lowest BCUT2D eigenvalue weighted by molar-refractivity contribution is -0.121. The van der Waals surface area contributed by atoms with Crippen molar-refractivity contribution in [1.82, 2.24) is 10.9 Å². The van der Waals surface area contributed by atoms with E-state index in [1.165, 1.54) is 0 Å². The van der Waals surface area contributed by atoms with Gasteiger partial charge in [-0.15, -0.1) is 0 Å². The van der Waals surface area contributed by atoms with E-state index < -0.39 is 0 Å². The maximum atomic E-state index is 12.1. The second-order valence-corrected chi connectivity index (χ2v) is 7.06. The van der Waals surface area contributed by atoms with E-state index in [0.29, 0.717) is 29.5 Å². The van der Waals surface area contributed by atoms with Crippen LogP contribution in [0.4, 0.5) is 0 Å². The molecule has 0 aromatic heterocycles. The topological polar surface area (TPSA) is 67.4 Å². The molecule has 0 saturated heterocycles. The van der Waals surface area contributed by atoms with Gasteiger partial charge in [0.1, 0.15) is 5.75 Å². The van der Waals surface area contributed by atoms with E-state index in [-0.39, 0.29) is 18.2 Å². The molecule has 2 aromatic rings. The Morgan fingerprint density at radius 2 is 1.74 bits per heavy atom. The number of aryl methyl sites for hydroxylation is 1. The van der Waals surface area contributed by atoms with Crippen molar-refractivity contribution in [2.75, 3.05) is 6.61 Å². The third-order valence-electron chi connectivity index (χ3n) is 3.98. The predicted octanol–water partition coefficient (Wildman–Crippen LogP) is 4.16. The average molecular weight is 389 g/mol. The minimum Gasteiger partial charge on any atom is -0.494 e. The molecule has 0 aliphatic heterocycles. The van der Waals surface area contributed by atoms with Crippen molar-refractivity contribution in [3.63, 3.8) is 0 Å². The Labute approximate surface area is 165 Å². The van der Waals surface area contributed by atoms with Gasteiger partial charge in [0.2, 0.25) is 5.91 Å². The van der Waals surface area contributed by atoms with Gasteiger partial charge in [-0.3, -0.25) is 20.4 Å². The Hall–Kier alpha value is -2.53. The molecule has 2 rings (SSSR count). The number of ether oxygens (including phenoxy) is 1. The first-order valence-electron chi connectivity index (χ1n) is 9.01. The standard InChI is InChI=1S/C21H25ClN2O3/c1-15(2)13-14-27-18-10-7-17(8-11-18)21(26)24-23-20(25)12-9-16-5-3-4-6-19(16)22/h3-8,10-11,15H,9,12-14H2,1-2H3,(H,23,25)(H,24,26). The normalized spacial score (nSPS) is 10.5. The van der Waals surface area contributed by atoms with Crippen LogP contribution in [0.25, 0.3) is 0 Å². The highest BCUT2D eigenvalue weighted by molar-refractivity contribution is 6.31. The van der Waals surface area contributed by atoms with Gasteiger partial charge in [0, 0.05) is 17.0 Å². The summed E-state index contributed by atoms with van der Waals surface area (Å²) in [6, 6.07) is 14.2. The summed E-state index contributed by atoms with van der Waals surface area (Å²) in [5, 5.41) is 0.630. The number of benzene rings is 2. The van der Waals surface area contributed by atoms with E-state index in [0.717, 1.165) is 17.7 Å². The second-order valence-electron chi connectivity index (χ2n) is 6.65. The summed E-state index contributed by atoms with van der Waals surface area (Å²) in [4.78, 5) is 24.0. The van der Waals surface area contributed by atoms with E-state index in [2.05, 4.69) is 24.7 Å². The highest BCUT2D eigenvalue weighted by Crippen LogP contribution is 2.16. The number of carbonyl (C=O) groups is 2. The number of hydrogen-bond donors (Lipinski definition) is 2. The number of hydrazine groups is 1. The number of carbonyl (C=O) groups excluding carboxylic acids is 2. The Balaban J connectivity index is 1.74. The summed E-state index contributed by atoms with van der Waals surface area (Å²) in [5.74, 6) is 0.638. The molecule has 5 nitrogen and oxygen atoms in total. The number of nitrogens with one attached hydrogen (secondary N) is 2. The van der Waals surface area contributed by atoms with Crippen molar-refractivity contribution in [2.24, 2.45) is 5.92 Å². The minimum absolute atomic E-state index is 0.229. The zero-order valence-electron chi connectivity index (χ0n) is 15.6. The van der Waals surface area contributed by atoms with Crippen molar-refractivity contribution < 1.29 is 14.3 Å². The van der Waals surface area contributed by atoms with Crippen LogP contribution in [-0.4, -0.2) is 18.4 Å². The van der Waals surface area contributed by atoms with Crippen LogP contribution in [0.2, 0.25) is 5.02 Å². The van der Waals surface area contributed by atoms with E-state index in [4.69, 9.17) is 16.3 Å². The molecular formula is C21H25ClN2O3. The lowest BCUT2D eigenvalue weighted by Gasteiger charge is -2.10. The van der Waals surface area contributed by atoms with Gasteiger partial charge in [0.25, 0.3) is 5.91 Å². The van der Waals surface area contributed by atoms with Gasteiger partial charge in [0.05, 0.1) is 6.61 Å². The lowest BCUT2D eigenvalue weighted by atomic mass is 10.1. The largest absolute Gasteiger partial charge is 0.494 e. The van der Waals surface area contributed by atoms with Gasteiger partial charge < -0.3 is 4.74 Å². The van der Waals surface area contributed by atoms with Gasteiger partial charge in [0.15, 0.2) is 0 Å². The fourth-order valence-corrected chi connectivity index (χ4v) is 2.56. The molecule has 0 saturated carbocycles. The molecule has 6 heteroatoms. The average Bonchev–Trinajstić information content (AvgIpc) is 2.65. The fourth-order valence-electron chi connectivity index (χ4n) is 2.33. The van der Waals surface area contributed by atoms with Crippen LogP contribution in [0.1, 0.15) is 42.6 Å². The Kier molecular flexibility index (Phi) is 8.14. The maximum Gasteiger partial charge on any atom is 0.269 e. The molecule has 0 unspecified atom stereocenters. The van der Waals surface area contributed by atoms with E-state index in [1.54, 1.807) is 30.3 Å². The summed E-state index contributed by atoms with van der Waals surface area (Å²) in [6.45, 7) is 4.92. The molecule has 0 radical (unpaired) electrons. The lowest BCUT2D eigenvalue weighted by Crippen LogP contribution is -2.41. The molecule has 0 heterocycles. The molecule has 2 amide bonds. The third-order valence-corrected chi connectivity index (χ3v) is 4.34. The van der Waals surface area contributed by atoms with Crippen LogP contribution in [-0.2, 0) is 11.2 Å². The predicted molar refractivity (Wildman–Crippen MR) is 107 cm³/mol. The van der Waals surface area contributed by atoms with Gasteiger partial charge in [-0.2, -0.15) is 0 Å². The molecule has 2 aromatic carbocycles. The fraction of sp³-hybridized carbons (Fsp3) is 0.333. The minimum atomic E-state index is -0.380. The number of amides is 2. The number of rotatable bonds is 8. The number of halogens is 1. The molecule has 0 spiro atoms. The van der Waals surface area contributed by atoms with Crippen LogP contribution in [0, 0.1) is 5.92 Å².